The Kier molecular flexibility index (Phi) is 6.73. The summed E-state index contributed by atoms with van der Waals surface area (Å²) in [6.45, 7) is 14.7. The van der Waals surface area contributed by atoms with Crippen molar-refractivity contribution in [1.29, 1.82) is 0 Å². The summed E-state index contributed by atoms with van der Waals surface area (Å²) in [4.78, 5) is 6.75. The van der Waals surface area contributed by atoms with Gasteiger partial charge in [-0.3, -0.25) is 4.99 Å². The average Bonchev–Trinajstić information content (AvgIpc) is 2.61. The maximum atomic E-state index is 4.39. The van der Waals surface area contributed by atoms with E-state index in [9.17, 15) is 0 Å². The molecule has 1 aliphatic rings. The van der Waals surface area contributed by atoms with E-state index in [0.29, 0.717) is 0 Å². The van der Waals surface area contributed by atoms with E-state index < -0.39 is 0 Å². The van der Waals surface area contributed by atoms with Crippen molar-refractivity contribution in [3.05, 3.63) is 24.0 Å². The summed E-state index contributed by atoms with van der Waals surface area (Å²) in [5.74, 6) is 0.727. The lowest BCUT2D eigenvalue weighted by atomic mass is 10.0. The third kappa shape index (κ3) is 5.05. The number of nitrogens with one attached hydrogen (secondary N) is 1. The van der Waals surface area contributed by atoms with E-state index in [1.807, 2.05) is 26.1 Å². The summed E-state index contributed by atoms with van der Waals surface area (Å²) in [7, 11) is 0. The molecule has 0 aromatic heterocycles. The van der Waals surface area contributed by atoms with Gasteiger partial charge in [0.05, 0.1) is 0 Å². The van der Waals surface area contributed by atoms with Crippen LogP contribution in [-0.2, 0) is 0 Å². The molecule has 0 aliphatic carbocycles. The molecule has 1 fully saturated rings. The van der Waals surface area contributed by atoms with Crippen molar-refractivity contribution in [1.82, 2.24) is 10.2 Å². The normalized spacial score (nSPS) is 22.3. The first-order valence-corrected chi connectivity index (χ1v) is 6.99. The topological polar surface area (TPSA) is 27.6 Å². The summed E-state index contributed by atoms with van der Waals surface area (Å²) in [6, 6.07) is 0. The van der Waals surface area contributed by atoms with Gasteiger partial charge >= 0.3 is 0 Å². The molecule has 1 saturated heterocycles. The van der Waals surface area contributed by atoms with E-state index in [1.54, 1.807) is 0 Å². The molecule has 1 aliphatic heterocycles. The minimum absolute atomic E-state index is 0.727. The zero-order valence-electron chi connectivity index (χ0n) is 12.1. The summed E-state index contributed by atoms with van der Waals surface area (Å²) < 4.78 is 0. The predicted molar refractivity (Wildman–Crippen MR) is 79.9 cm³/mol. The molecule has 0 bridgehead atoms. The van der Waals surface area contributed by atoms with E-state index >= 15 is 0 Å². The van der Waals surface area contributed by atoms with E-state index in [1.165, 1.54) is 12.8 Å². The van der Waals surface area contributed by atoms with Crippen LogP contribution in [0.2, 0.25) is 0 Å². The fourth-order valence-corrected chi connectivity index (χ4v) is 2.18. The monoisotopic (exact) mass is 249 g/mol. The Morgan fingerprint density at radius 1 is 1.56 bits per heavy atom. The maximum Gasteiger partial charge on any atom is 0.0498 e. The van der Waals surface area contributed by atoms with Crippen molar-refractivity contribution in [3.8, 4) is 0 Å². The van der Waals surface area contributed by atoms with Crippen LogP contribution in [0.25, 0.3) is 0 Å². The minimum Gasteiger partial charge on any atom is -0.369 e. The summed E-state index contributed by atoms with van der Waals surface area (Å²) >= 11 is 0. The second-order valence-electron chi connectivity index (χ2n) is 4.98. The van der Waals surface area contributed by atoms with Gasteiger partial charge in [0.2, 0.25) is 0 Å². The molecule has 18 heavy (non-hydrogen) atoms. The number of hydrogen-bond acceptors (Lipinski definition) is 3. The second kappa shape index (κ2) is 8.09. The number of allylic oxidation sites excluding steroid dienone is 3. The van der Waals surface area contributed by atoms with Gasteiger partial charge in [0.25, 0.3) is 0 Å². The molecule has 0 aromatic rings. The molecule has 0 radical (unpaired) electrons. The number of rotatable bonds is 5. The van der Waals surface area contributed by atoms with Gasteiger partial charge in [0, 0.05) is 37.2 Å². The smallest absolute Gasteiger partial charge is 0.0498 e. The molecule has 0 spiro atoms. The molecule has 0 amide bonds. The first kappa shape index (κ1) is 15.0. The maximum absolute atomic E-state index is 4.39. The molecule has 1 N–H and O–H groups in total. The zero-order chi connectivity index (χ0) is 13.4. The molecular weight excluding hydrogens is 222 g/mol. The lowest BCUT2D eigenvalue weighted by Crippen LogP contribution is -2.29. The van der Waals surface area contributed by atoms with E-state index in [-0.39, 0.29) is 0 Å². The Hall–Kier alpha value is -1.09. The van der Waals surface area contributed by atoms with Gasteiger partial charge in [-0.15, -0.1) is 0 Å². The van der Waals surface area contributed by atoms with Gasteiger partial charge in [-0.2, -0.15) is 0 Å². The largest absolute Gasteiger partial charge is 0.369 e. The van der Waals surface area contributed by atoms with Gasteiger partial charge in [0.1, 0.15) is 0 Å². The van der Waals surface area contributed by atoms with Gasteiger partial charge in [-0.1, -0.05) is 26.0 Å². The first-order chi connectivity index (χ1) is 8.67. The molecule has 0 saturated carbocycles. The van der Waals surface area contributed by atoms with Crippen LogP contribution in [0, 0.1) is 5.92 Å². The van der Waals surface area contributed by atoms with Crippen LogP contribution in [0.3, 0.4) is 0 Å². The van der Waals surface area contributed by atoms with Crippen LogP contribution in [0.4, 0.5) is 0 Å². The molecular formula is C15H27N3. The quantitative estimate of drug-likeness (QED) is 0.759. The van der Waals surface area contributed by atoms with Gasteiger partial charge in [0.15, 0.2) is 0 Å². The highest BCUT2D eigenvalue weighted by Gasteiger charge is 2.17. The van der Waals surface area contributed by atoms with Crippen molar-refractivity contribution in [3.63, 3.8) is 0 Å². The Balaban J connectivity index is 2.57. The highest BCUT2D eigenvalue weighted by atomic mass is 15.2. The molecule has 1 rings (SSSR count). The highest BCUT2D eigenvalue weighted by molar-refractivity contribution is 5.77. The van der Waals surface area contributed by atoms with Crippen LogP contribution in [0.15, 0.2) is 29.0 Å². The fourth-order valence-electron chi connectivity index (χ4n) is 2.18. The predicted octanol–water partition coefficient (Wildman–Crippen LogP) is 2.82. The Bertz CT molecular complexity index is 318. The molecule has 1 atom stereocenters. The Morgan fingerprint density at radius 3 is 3.00 bits per heavy atom. The molecule has 1 heterocycles. The van der Waals surface area contributed by atoms with Crippen molar-refractivity contribution in [2.24, 2.45) is 10.9 Å². The molecule has 3 heteroatoms. The van der Waals surface area contributed by atoms with Crippen LogP contribution in [0.5, 0.6) is 0 Å². The standard InChI is InChI=1S/C15H27N3/c1-5-7-15-11-16-8-9-18(12-15)14(4)10-17-13(3)6-2/h6,10,15-16H,4-5,7-9,11-12H2,1-3H3/b13-6-,17-10-. The SMILES string of the molecule is C=C(/C=N\C(C)=C/C)N1CCNCC(CCC)C1. The lowest BCUT2D eigenvalue weighted by molar-refractivity contribution is 0.321. The summed E-state index contributed by atoms with van der Waals surface area (Å²) in [5.41, 5.74) is 2.07. The van der Waals surface area contributed by atoms with Crippen molar-refractivity contribution in [2.75, 3.05) is 26.2 Å². The van der Waals surface area contributed by atoms with Crippen LogP contribution >= 0.6 is 0 Å². The lowest BCUT2D eigenvalue weighted by Gasteiger charge is -2.25. The Labute approximate surface area is 112 Å². The third-order valence-corrected chi connectivity index (χ3v) is 3.41. The van der Waals surface area contributed by atoms with Gasteiger partial charge < -0.3 is 10.2 Å². The summed E-state index contributed by atoms with van der Waals surface area (Å²) in [5, 5.41) is 3.50. The Morgan fingerprint density at radius 2 is 2.33 bits per heavy atom. The van der Waals surface area contributed by atoms with Crippen LogP contribution in [0.1, 0.15) is 33.6 Å². The fraction of sp³-hybridized carbons (Fsp3) is 0.667. The second-order valence-corrected chi connectivity index (χ2v) is 4.98. The average molecular weight is 249 g/mol. The van der Waals surface area contributed by atoms with Crippen LogP contribution < -0.4 is 5.32 Å². The third-order valence-electron chi connectivity index (χ3n) is 3.41. The summed E-state index contributed by atoms with van der Waals surface area (Å²) in [6.07, 6.45) is 6.43. The molecule has 1 unspecified atom stereocenters. The van der Waals surface area contributed by atoms with Gasteiger partial charge in [-0.05, 0) is 32.7 Å². The van der Waals surface area contributed by atoms with E-state index in [0.717, 1.165) is 43.5 Å². The molecule has 0 aromatic carbocycles. The zero-order valence-corrected chi connectivity index (χ0v) is 12.1. The number of nitrogens with zero attached hydrogens (tertiary/aromatic N) is 2. The molecule has 3 nitrogen and oxygen atoms in total. The highest BCUT2D eigenvalue weighted by Crippen LogP contribution is 2.13. The van der Waals surface area contributed by atoms with Gasteiger partial charge in [-0.25, -0.2) is 0 Å². The number of aliphatic imine (C=N–C) groups is 1. The van der Waals surface area contributed by atoms with Crippen molar-refractivity contribution >= 4 is 6.21 Å². The minimum atomic E-state index is 0.727. The first-order valence-electron chi connectivity index (χ1n) is 6.99. The van der Waals surface area contributed by atoms with E-state index in [4.69, 9.17) is 0 Å². The molecule has 102 valence electrons. The van der Waals surface area contributed by atoms with Crippen molar-refractivity contribution < 1.29 is 0 Å². The number of hydrogen-bond donors (Lipinski definition) is 1. The van der Waals surface area contributed by atoms with E-state index in [2.05, 4.69) is 28.7 Å². The van der Waals surface area contributed by atoms with Crippen molar-refractivity contribution in [2.45, 2.75) is 33.6 Å². The van der Waals surface area contributed by atoms with Crippen LogP contribution in [-0.4, -0.2) is 37.3 Å².